The van der Waals surface area contributed by atoms with Gasteiger partial charge in [-0.25, -0.2) is 4.98 Å². The van der Waals surface area contributed by atoms with Crippen molar-refractivity contribution in [3.05, 3.63) is 18.2 Å². The average molecular weight is 379 g/mol. The van der Waals surface area contributed by atoms with Crippen LogP contribution in [0.5, 0.6) is 0 Å². The molecule has 138 valence electrons. The van der Waals surface area contributed by atoms with Crippen molar-refractivity contribution in [1.82, 2.24) is 9.55 Å². The SMILES string of the molecule is CC(C)CCn1cnc(C(CC2CCC(N)=NC2)C(=O)O)c1.Cl.Cl. The van der Waals surface area contributed by atoms with Crippen LogP contribution in [0.15, 0.2) is 17.5 Å². The van der Waals surface area contributed by atoms with Crippen molar-refractivity contribution in [3.63, 3.8) is 0 Å². The first-order valence-electron chi connectivity index (χ1n) is 7.99. The van der Waals surface area contributed by atoms with Crippen molar-refractivity contribution in [2.75, 3.05) is 6.54 Å². The monoisotopic (exact) mass is 378 g/mol. The molecule has 1 aromatic rings. The number of imidazole rings is 1. The molecule has 6 nitrogen and oxygen atoms in total. The minimum atomic E-state index is -0.809. The summed E-state index contributed by atoms with van der Waals surface area (Å²) in [5.41, 5.74) is 6.33. The second kappa shape index (κ2) is 10.6. The highest BCUT2D eigenvalue weighted by atomic mass is 35.5. The number of nitrogens with zero attached hydrogens (tertiary/aromatic N) is 3. The summed E-state index contributed by atoms with van der Waals surface area (Å²) in [6, 6.07) is 0. The molecule has 0 bridgehead atoms. The summed E-state index contributed by atoms with van der Waals surface area (Å²) in [7, 11) is 0. The van der Waals surface area contributed by atoms with Crippen LogP contribution in [-0.2, 0) is 11.3 Å². The lowest BCUT2D eigenvalue weighted by molar-refractivity contribution is -0.139. The molecule has 0 saturated carbocycles. The highest BCUT2D eigenvalue weighted by Gasteiger charge is 2.27. The van der Waals surface area contributed by atoms with Gasteiger partial charge in [-0.3, -0.25) is 9.79 Å². The van der Waals surface area contributed by atoms with Gasteiger partial charge in [0.05, 0.1) is 17.9 Å². The van der Waals surface area contributed by atoms with Crippen LogP contribution in [0.3, 0.4) is 0 Å². The zero-order valence-electron chi connectivity index (χ0n) is 14.2. The molecule has 0 fully saturated rings. The predicted octanol–water partition coefficient (Wildman–Crippen LogP) is 3.10. The Morgan fingerprint density at radius 3 is 2.71 bits per heavy atom. The van der Waals surface area contributed by atoms with Crippen molar-refractivity contribution >= 4 is 36.6 Å². The van der Waals surface area contributed by atoms with Gasteiger partial charge in [-0.05, 0) is 31.1 Å². The van der Waals surface area contributed by atoms with Crippen LogP contribution >= 0.6 is 24.8 Å². The van der Waals surface area contributed by atoms with Gasteiger partial charge in [0.15, 0.2) is 0 Å². The third kappa shape index (κ3) is 6.69. The maximum atomic E-state index is 11.6. The first-order chi connectivity index (χ1) is 10.5. The van der Waals surface area contributed by atoms with Gasteiger partial charge >= 0.3 is 5.97 Å². The number of hydrogen-bond acceptors (Lipinski definition) is 4. The van der Waals surface area contributed by atoms with Crippen molar-refractivity contribution in [2.45, 2.75) is 52.0 Å². The standard InChI is InChI=1S/C16H26N4O2.2ClH/c1-11(2)5-6-20-9-14(19-10-20)13(16(21)22)7-12-3-4-15(17)18-8-12;;/h9-13H,3-8H2,1-2H3,(H2,17,18)(H,21,22);2*1H. The number of amidine groups is 1. The summed E-state index contributed by atoms with van der Waals surface area (Å²) in [5.74, 6) is 0.207. The van der Waals surface area contributed by atoms with Crippen LogP contribution < -0.4 is 5.73 Å². The number of hydrogen-bond donors (Lipinski definition) is 2. The van der Waals surface area contributed by atoms with Crippen molar-refractivity contribution < 1.29 is 9.90 Å². The lowest BCUT2D eigenvalue weighted by atomic mass is 9.88. The number of carbonyl (C=O) groups is 1. The number of rotatable bonds is 7. The van der Waals surface area contributed by atoms with Gasteiger partial charge in [0.1, 0.15) is 5.92 Å². The Morgan fingerprint density at radius 2 is 2.17 bits per heavy atom. The second-order valence-corrected chi connectivity index (χ2v) is 6.58. The Bertz CT molecular complexity index is 546. The number of carboxylic acids is 1. The van der Waals surface area contributed by atoms with Gasteiger partial charge in [0.2, 0.25) is 0 Å². The Balaban J connectivity index is 0.00000264. The molecule has 24 heavy (non-hydrogen) atoms. The number of aromatic nitrogens is 2. The van der Waals surface area contributed by atoms with Gasteiger partial charge in [-0.2, -0.15) is 0 Å². The molecule has 2 unspecified atom stereocenters. The predicted molar refractivity (Wildman–Crippen MR) is 100 cm³/mol. The van der Waals surface area contributed by atoms with E-state index in [9.17, 15) is 9.90 Å². The number of aliphatic carboxylic acids is 1. The van der Waals surface area contributed by atoms with E-state index in [4.69, 9.17) is 5.73 Å². The molecule has 3 N–H and O–H groups in total. The van der Waals surface area contributed by atoms with E-state index in [1.54, 1.807) is 6.33 Å². The molecule has 0 radical (unpaired) electrons. The lowest BCUT2D eigenvalue weighted by Gasteiger charge is -2.22. The largest absolute Gasteiger partial charge is 0.481 e. The molecule has 0 spiro atoms. The normalized spacial score (nSPS) is 18.3. The van der Waals surface area contributed by atoms with Crippen LogP contribution in [0.4, 0.5) is 0 Å². The van der Waals surface area contributed by atoms with E-state index in [0.717, 1.165) is 25.8 Å². The molecule has 0 aliphatic carbocycles. The van der Waals surface area contributed by atoms with E-state index < -0.39 is 11.9 Å². The summed E-state index contributed by atoms with van der Waals surface area (Å²) in [6.07, 6.45) is 6.93. The van der Waals surface area contributed by atoms with Crippen LogP contribution in [0.2, 0.25) is 0 Å². The lowest BCUT2D eigenvalue weighted by Crippen LogP contribution is -2.25. The minimum Gasteiger partial charge on any atom is -0.481 e. The zero-order chi connectivity index (χ0) is 16.1. The molecule has 1 aromatic heterocycles. The number of carboxylic acid groups (broad SMARTS) is 1. The molecule has 8 heteroatoms. The van der Waals surface area contributed by atoms with Crippen LogP contribution in [0.25, 0.3) is 0 Å². The Labute approximate surface area is 155 Å². The van der Waals surface area contributed by atoms with Crippen molar-refractivity contribution in [1.29, 1.82) is 0 Å². The fourth-order valence-electron chi connectivity index (χ4n) is 2.73. The van der Waals surface area contributed by atoms with Crippen LogP contribution in [-0.4, -0.2) is 33.0 Å². The zero-order valence-corrected chi connectivity index (χ0v) is 15.9. The number of aryl methyl sites for hydroxylation is 1. The molecular weight excluding hydrogens is 351 g/mol. The Morgan fingerprint density at radius 1 is 1.46 bits per heavy atom. The van der Waals surface area contributed by atoms with Gasteiger partial charge in [0, 0.05) is 25.7 Å². The molecule has 2 rings (SSSR count). The topological polar surface area (TPSA) is 93.5 Å². The van der Waals surface area contributed by atoms with Gasteiger partial charge in [-0.1, -0.05) is 13.8 Å². The highest BCUT2D eigenvalue weighted by molar-refractivity contribution is 5.85. The van der Waals surface area contributed by atoms with E-state index in [1.807, 2.05) is 10.8 Å². The summed E-state index contributed by atoms with van der Waals surface area (Å²) in [5, 5.41) is 9.53. The number of nitrogens with two attached hydrogens (primary N) is 1. The summed E-state index contributed by atoms with van der Waals surface area (Å²) < 4.78 is 1.99. The smallest absolute Gasteiger partial charge is 0.312 e. The molecule has 0 aromatic carbocycles. The van der Waals surface area contributed by atoms with Crippen LogP contribution in [0, 0.1) is 11.8 Å². The van der Waals surface area contributed by atoms with Crippen molar-refractivity contribution in [3.8, 4) is 0 Å². The number of aliphatic imine (C=N–C) groups is 1. The summed E-state index contributed by atoms with van der Waals surface area (Å²) in [4.78, 5) is 20.2. The van der Waals surface area contributed by atoms with Gasteiger partial charge < -0.3 is 15.4 Å². The molecule has 0 saturated heterocycles. The quantitative estimate of drug-likeness (QED) is 0.761. The fraction of sp³-hybridized carbons (Fsp3) is 0.688. The maximum absolute atomic E-state index is 11.6. The van der Waals surface area contributed by atoms with E-state index in [2.05, 4.69) is 23.8 Å². The molecule has 2 heterocycles. The van der Waals surface area contributed by atoms with E-state index in [-0.39, 0.29) is 30.7 Å². The van der Waals surface area contributed by atoms with Gasteiger partial charge in [-0.15, -0.1) is 24.8 Å². The molecule has 1 aliphatic rings. The maximum Gasteiger partial charge on any atom is 0.312 e. The first kappa shape index (κ1) is 22.7. The van der Waals surface area contributed by atoms with E-state index >= 15 is 0 Å². The van der Waals surface area contributed by atoms with Crippen LogP contribution in [0.1, 0.15) is 51.1 Å². The van der Waals surface area contributed by atoms with Gasteiger partial charge in [0.25, 0.3) is 0 Å². The number of halogens is 2. The average Bonchev–Trinajstić information content (AvgIpc) is 2.92. The molecule has 1 aliphatic heterocycles. The first-order valence-corrected chi connectivity index (χ1v) is 7.99. The summed E-state index contributed by atoms with van der Waals surface area (Å²) >= 11 is 0. The molecule has 0 amide bonds. The Kier molecular flexibility index (Phi) is 10.0. The molecular formula is C16H28Cl2N4O2. The highest BCUT2D eigenvalue weighted by Crippen LogP contribution is 2.27. The second-order valence-electron chi connectivity index (χ2n) is 6.58. The third-order valence-electron chi connectivity index (χ3n) is 4.20. The molecule has 2 atom stereocenters. The van der Waals surface area contributed by atoms with Crippen molar-refractivity contribution in [2.24, 2.45) is 22.6 Å². The fourth-order valence-corrected chi connectivity index (χ4v) is 2.73. The van der Waals surface area contributed by atoms with E-state index in [0.29, 0.717) is 30.4 Å². The Hall–Kier alpha value is -1.27. The van der Waals surface area contributed by atoms with E-state index in [1.165, 1.54) is 0 Å². The summed E-state index contributed by atoms with van der Waals surface area (Å²) in [6.45, 7) is 5.85. The minimum absolute atomic E-state index is 0. The third-order valence-corrected chi connectivity index (χ3v) is 4.20.